The molecule has 2 aromatic rings. The lowest BCUT2D eigenvalue weighted by atomic mass is 9.77. The predicted molar refractivity (Wildman–Crippen MR) is 97.6 cm³/mol. The van der Waals surface area contributed by atoms with Crippen molar-refractivity contribution in [3.05, 3.63) is 108 Å². The maximum atomic E-state index is 10.2. The average Bonchev–Trinajstić information content (AvgIpc) is 2.66. The van der Waals surface area contributed by atoms with E-state index < -0.39 is 5.54 Å². The molecule has 0 heterocycles. The Kier molecular flexibility index (Phi) is 6.13. The van der Waals surface area contributed by atoms with Crippen LogP contribution in [0.2, 0.25) is 0 Å². The Morgan fingerprint density at radius 1 is 1.00 bits per heavy atom. The van der Waals surface area contributed by atoms with E-state index in [1.807, 2.05) is 79.7 Å². The van der Waals surface area contributed by atoms with Crippen molar-refractivity contribution in [1.82, 2.24) is 5.48 Å². The molecule has 0 unspecified atom stereocenters. The summed E-state index contributed by atoms with van der Waals surface area (Å²) in [5, 5.41) is 10.2. The van der Waals surface area contributed by atoms with Gasteiger partial charge in [0.2, 0.25) is 0 Å². The van der Waals surface area contributed by atoms with Crippen molar-refractivity contribution < 1.29 is 9.94 Å². The summed E-state index contributed by atoms with van der Waals surface area (Å²) in [6.45, 7) is 5.81. The number of methoxy groups -OCH3 is 1. The summed E-state index contributed by atoms with van der Waals surface area (Å²) in [4.78, 5) is 0. The molecular formula is C21H23NO2. The van der Waals surface area contributed by atoms with Crippen molar-refractivity contribution in [2.75, 3.05) is 7.11 Å². The van der Waals surface area contributed by atoms with Gasteiger partial charge in [0.1, 0.15) is 5.54 Å². The third kappa shape index (κ3) is 3.48. The van der Waals surface area contributed by atoms with Gasteiger partial charge in [0, 0.05) is 0 Å². The predicted octanol–water partition coefficient (Wildman–Crippen LogP) is 4.57. The van der Waals surface area contributed by atoms with Crippen molar-refractivity contribution in [2.45, 2.75) is 12.5 Å². The van der Waals surface area contributed by atoms with Crippen LogP contribution in [0.1, 0.15) is 18.1 Å². The van der Waals surface area contributed by atoms with Crippen molar-refractivity contribution in [2.24, 2.45) is 0 Å². The molecule has 0 saturated heterocycles. The normalized spacial score (nSPS) is 12.8. The van der Waals surface area contributed by atoms with Crippen LogP contribution >= 0.6 is 0 Å². The Morgan fingerprint density at radius 3 is 1.88 bits per heavy atom. The smallest absolute Gasteiger partial charge is 0.118 e. The number of nitrogens with one attached hydrogen (secondary N) is 1. The SMILES string of the molecule is C=C/C(=C\C=C(/C)OC)C(NO)(c1ccccc1)c1ccccc1. The van der Waals surface area contributed by atoms with E-state index in [2.05, 4.69) is 12.1 Å². The van der Waals surface area contributed by atoms with E-state index in [4.69, 9.17) is 4.74 Å². The summed E-state index contributed by atoms with van der Waals surface area (Å²) in [5.74, 6) is 0.766. The molecule has 0 aliphatic carbocycles. The van der Waals surface area contributed by atoms with Crippen LogP contribution in [-0.4, -0.2) is 12.3 Å². The fourth-order valence-electron chi connectivity index (χ4n) is 2.69. The van der Waals surface area contributed by atoms with Gasteiger partial charge in [0.15, 0.2) is 0 Å². The Bertz CT molecular complexity index is 679. The fraction of sp³-hybridized carbons (Fsp3) is 0.143. The summed E-state index contributed by atoms with van der Waals surface area (Å²) < 4.78 is 5.20. The second-order valence-electron chi connectivity index (χ2n) is 5.40. The molecule has 0 amide bonds. The average molecular weight is 321 g/mol. The van der Waals surface area contributed by atoms with Crippen molar-refractivity contribution in [3.8, 4) is 0 Å². The molecule has 0 aliphatic rings. The number of hydrogen-bond acceptors (Lipinski definition) is 3. The third-order valence-corrected chi connectivity index (χ3v) is 4.05. The molecule has 0 spiro atoms. The zero-order chi connectivity index (χ0) is 17.4. The lowest BCUT2D eigenvalue weighted by Gasteiger charge is -2.35. The molecule has 0 radical (unpaired) electrons. The maximum Gasteiger partial charge on any atom is 0.118 e. The number of hydrogen-bond donors (Lipinski definition) is 2. The Morgan fingerprint density at radius 2 is 1.50 bits per heavy atom. The fourth-order valence-corrected chi connectivity index (χ4v) is 2.69. The highest BCUT2D eigenvalue weighted by Crippen LogP contribution is 2.37. The van der Waals surface area contributed by atoms with Crippen LogP contribution in [0.25, 0.3) is 0 Å². The first-order valence-electron chi connectivity index (χ1n) is 7.76. The van der Waals surface area contributed by atoms with Gasteiger partial charge in [0.05, 0.1) is 12.9 Å². The lowest BCUT2D eigenvalue weighted by Crippen LogP contribution is -2.43. The van der Waals surface area contributed by atoms with Crippen LogP contribution in [0.4, 0.5) is 0 Å². The highest BCUT2D eigenvalue weighted by molar-refractivity contribution is 5.51. The number of benzene rings is 2. The molecule has 0 bridgehead atoms. The van der Waals surface area contributed by atoms with Crippen molar-refractivity contribution in [1.29, 1.82) is 0 Å². The molecule has 0 fully saturated rings. The summed E-state index contributed by atoms with van der Waals surface area (Å²) in [7, 11) is 1.62. The largest absolute Gasteiger partial charge is 0.501 e. The van der Waals surface area contributed by atoms with Crippen molar-refractivity contribution in [3.63, 3.8) is 0 Å². The molecule has 0 aromatic heterocycles. The first kappa shape index (κ1) is 17.7. The topological polar surface area (TPSA) is 41.5 Å². The van der Waals surface area contributed by atoms with Gasteiger partial charge in [-0.25, -0.2) is 0 Å². The molecule has 124 valence electrons. The minimum Gasteiger partial charge on any atom is -0.501 e. The van der Waals surface area contributed by atoms with E-state index in [0.717, 1.165) is 22.5 Å². The quantitative estimate of drug-likeness (QED) is 0.446. The van der Waals surface area contributed by atoms with E-state index in [9.17, 15) is 5.21 Å². The molecular weight excluding hydrogens is 298 g/mol. The van der Waals surface area contributed by atoms with Crippen molar-refractivity contribution >= 4 is 0 Å². The van der Waals surface area contributed by atoms with Crippen LogP contribution < -0.4 is 5.48 Å². The first-order valence-corrected chi connectivity index (χ1v) is 7.76. The van der Waals surface area contributed by atoms with Crippen LogP contribution in [0.3, 0.4) is 0 Å². The van der Waals surface area contributed by atoms with Gasteiger partial charge in [-0.15, -0.1) is 0 Å². The Labute approximate surface area is 143 Å². The Hall–Kier alpha value is -2.62. The summed E-state index contributed by atoms with van der Waals surface area (Å²) in [5.41, 5.74) is 4.23. The molecule has 2 aromatic carbocycles. The van der Waals surface area contributed by atoms with E-state index in [-0.39, 0.29) is 0 Å². The first-order chi connectivity index (χ1) is 11.7. The van der Waals surface area contributed by atoms with Crippen LogP contribution in [0.15, 0.2) is 96.8 Å². The maximum absolute atomic E-state index is 10.2. The monoisotopic (exact) mass is 321 g/mol. The molecule has 3 nitrogen and oxygen atoms in total. The Balaban J connectivity index is 2.73. The van der Waals surface area contributed by atoms with Gasteiger partial charge in [-0.2, -0.15) is 5.48 Å². The van der Waals surface area contributed by atoms with E-state index in [1.165, 1.54) is 0 Å². The van der Waals surface area contributed by atoms with Crippen LogP contribution in [-0.2, 0) is 10.3 Å². The number of rotatable bonds is 7. The third-order valence-electron chi connectivity index (χ3n) is 4.05. The lowest BCUT2D eigenvalue weighted by molar-refractivity contribution is 0.103. The zero-order valence-corrected chi connectivity index (χ0v) is 14.1. The minimum absolute atomic E-state index is 0.766. The van der Waals surface area contributed by atoms with Crippen LogP contribution in [0.5, 0.6) is 0 Å². The molecule has 0 aliphatic heterocycles. The van der Waals surface area contributed by atoms with Crippen LogP contribution in [0, 0.1) is 0 Å². The number of hydroxylamine groups is 1. The van der Waals surface area contributed by atoms with Gasteiger partial charge in [-0.05, 0) is 29.7 Å². The summed E-state index contributed by atoms with van der Waals surface area (Å²) >= 11 is 0. The summed E-state index contributed by atoms with van der Waals surface area (Å²) in [6.07, 6.45) is 5.49. The summed E-state index contributed by atoms with van der Waals surface area (Å²) in [6, 6.07) is 19.6. The molecule has 3 heteroatoms. The molecule has 24 heavy (non-hydrogen) atoms. The van der Waals surface area contributed by atoms with E-state index in [0.29, 0.717) is 0 Å². The molecule has 0 saturated carbocycles. The highest BCUT2D eigenvalue weighted by Gasteiger charge is 2.36. The van der Waals surface area contributed by atoms with E-state index >= 15 is 0 Å². The van der Waals surface area contributed by atoms with Gasteiger partial charge >= 0.3 is 0 Å². The molecule has 2 N–H and O–H groups in total. The van der Waals surface area contributed by atoms with Gasteiger partial charge in [-0.3, -0.25) is 0 Å². The second kappa shape index (κ2) is 8.29. The van der Waals surface area contributed by atoms with E-state index in [1.54, 1.807) is 13.2 Å². The minimum atomic E-state index is -0.922. The number of ether oxygens (including phenoxy) is 1. The molecule has 0 atom stereocenters. The van der Waals surface area contributed by atoms with Gasteiger partial charge < -0.3 is 9.94 Å². The highest BCUT2D eigenvalue weighted by atomic mass is 16.5. The zero-order valence-electron chi connectivity index (χ0n) is 14.1. The molecule has 2 rings (SSSR count). The second-order valence-corrected chi connectivity index (χ2v) is 5.40. The standard InChI is InChI=1S/C21H23NO2/c1-4-18(16-15-17(2)24-3)21(22-23,19-11-7-5-8-12-19)20-13-9-6-10-14-20/h4-16,22-23H,1H2,2-3H3/b17-15+,18-16+. The van der Waals surface area contributed by atoms with Gasteiger partial charge in [0.25, 0.3) is 0 Å². The number of allylic oxidation sites excluding steroid dienone is 3. The van der Waals surface area contributed by atoms with Gasteiger partial charge in [-0.1, -0.05) is 79.4 Å².